The van der Waals surface area contributed by atoms with Crippen LogP contribution in [0.3, 0.4) is 0 Å². The number of rotatable bonds is 4. The summed E-state index contributed by atoms with van der Waals surface area (Å²) < 4.78 is 7.77. The first-order valence-electron chi connectivity index (χ1n) is 5.63. The molecule has 1 saturated heterocycles. The van der Waals surface area contributed by atoms with E-state index in [1.54, 1.807) is 11.8 Å². The van der Waals surface area contributed by atoms with Gasteiger partial charge in [-0.3, -0.25) is 9.59 Å². The molecule has 1 fully saturated rings. The van der Waals surface area contributed by atoms with Crippen molar-refractivity contribution >= 4 is 12.3 Å². The molecule has 80 valence electrons. The molecule has 1 N–H and O–H groups in total. The van der Waals surface area contributed by atoms with Gasteiger partial charge >= 0.3 is 0 Å². The molecule has 4 nitrogen and oxygen atoms in total. The molecule has 0 aromatic heterocycles. The van der Waals surface area contributed by atoms with Crippen LogP contribution in [0.15, 0.2) is 0 Å². The molecular formula is C10H18N2O2. The van der Waals surface area contributed by atoms with Gasteiger partial charge in [-0.25, -0.2) is 0 Å². The SMILES string of the molecule is [3H]C1CC[C@H](CC)N1C(=O)[C@H](C)NC=O. The third-order valence-electron chi connectivity index (χ3n) is 2.63. The zero-order valence-electron chi connectivity index (χ0n) is 9.69. The van der Waals surface area contributed by atoms with Crippen LogP contribution >= 0.6 is 0 Å². The Kier molecular flexibility index (Phi) is 3.38. The van der Waals surface area contributed by atoms with Crippen molar-refractivity contribution in [3.63, 3.8) is 0 Å². The summed E-state index contributed by atoms with van der Waals surface area (Å²) in [6, 6.07) is -0.363. The van der Waals surface area contributed by atoms with Crippen LogP contribution < -0.4 is 5.32 Å². The maximum atomic E-state index is 11.9. The first kappa shape index (κ1) is 9.49. The maximum Gasteiger partial charge on any atom is 0.245 e. The lowest BCUT2D eigenvalue weighted by molar-refractivity contribution is -0.135. The third-order valence-corrected chi connectivity index (χ3v) is 2.63. The summed E-state index contributed by atoms with van der Waals surface area (Å²) in [5.41, 5.74) is 0. The number of amides is 2. The summed E-state index contributed by atoms with van der Waals surface area (Å²) >= 11 is 0. The van der Waals surface area contributed by atoms with E-state index in [0.717, 1.165) is 19.3 Å². The van der Waals surface area contributed by atoms with Crippen molar-refractivity contribution in [3.8, 4) is 0 Å². The summed E-state index contributed by atoms with van der Waals surface area (Å²) in [7, 11) is 0. The van der Waals surface area contributed by atoms with E-state index >= 15 is 0 Å². The molecule has 3 atom stereocenters. The second-order valence-corrected chi connectivity index (χ2v) is 3.57. The van der Waals surface area contributed by atoms with Crippen LogP contribution in [0.4, 0.5) is 0 Å². The summed E-state index contributed by atoms with van der Waals surface area (Å²) in [5, 5.41) is 2.43. The molecule has 0 spiro atoms. The summed E-state index contributed by atoms with van der Waals surface area (Å²) in [6.07, 6.45) is 3.02. The van der Waals surface area contributed by atoms with Gasteiger partial charge in [0.15, 0.2) is 0 Å². The van der Waals surface area contributed by atoms with Gasteiger partial charge in [0.25, 0.3) is 0 Å². The quantitative estimate of drug-likeness (QED) is 0.673. The van der Waals surface area contributed by atoms with E-state index in [0.29, 0.717) is 6.41 Å². The van der Waals surface area contributed by atoms with Gasteiger partial charge in [0, 0.05) is 13.9 Å². The Labute approximate surface area is 86.1 Å². The minimum Gasteiger partial charge on any atom is -0.347 e. The fourth-order valence-electron chi connectivity index (χ4n) is 1.76. The molecule has 4 heteroatoms. The predicted octanol–water partition coefficient (Wildman–Crippen LogP) is 0.522. The minimum atomic E-state index is -0.525. The Balaban J connectivity index is 2.67. The van der Waals surface area contributed by atoms with Gasteiger partial charge in [-0.2, -0.15) is 0 Å². The summed E-state index contributed by atoms with van der Waals surface area (Å²) in [4.78, 5) is 23.7. The fraction of sp³-hybridized carbons (Fsp3) is 0.800. The Morgan fingerprint density at radius 1 is 1.86 bits per heavy atom. The van der Waals surface area contributed by atoms with Crippen LogP contribution in [0, 0.1) is 0 Å². The maximum absolute atomic E-state index is 11.9. The van der Waals surface area contributed by atoms with E-state index in [1.165, 1.54) is 0 Å². The average molecular weight is 200 g/mol. The Bertz CT molecular complexity index is 248. The zero-order chi connectivity index (χ0) is 11.4. The number of hydrogen-bond donors (Lipinski definition) is 1. The number of hydrogen-bond acceptors (Lipinski definition) is 2. The van der Waals surface area contributed by atoms with Crippen molar-refractivity contribution in [2.45, 2.75) is 45.2 Å². The summed E-state index contributed by atoms with van der Waals surface area (Å²) in [6.45, 7) is 3.22. The van der Waals surface area contributed by atoms with Gasteiger partial charge in [0.2, 0.25) is 12.3 Å². The normalized spacial score (nSPS) is 29.6. The van der Waals surface area contributed by atoms with Gasteiger partial charge in [-0.15, -0.1) is 0 Å². The molecule has 1 heterocycles. The van der Waals surface area contributed by atoms with Crippen molar-refractivity contribution in [1.82, 2.24) is 10.2 Å². The van der Waals surface area contributed by atoms with Gasteiger partial charge in [-0.05, 0) is 26.2 Å². The molecule has 0 aromatic carbocycles. The molecule has 0 bridgehead atoms. The minimum absolute atomic E-state index is 0.147. The highest BCUT2D eigenvalue weighted by Crippen LogP contribution is 2.20. The number of nitrogens with one attached hydrogen (secondary N) is 1. The second-order valence-electron chi connectivity index (χ2n) is 3.57. The lowest BCUT2D eigenvalue weighted by Crippen LogP contribution is -2.46. The molecule has 0 saturated carbocycles. The molecule has 0 aliphatic carbocycles. The summed E-state index contributed by atoms with van der Waals surface area (Å²) in [5.74, 6) is -0.147. The average Bonchev–Trinajstić information content (AvgIpc) is 2.58. The predicted molar refractivity (Wildman–Crippen MR) is 53.7 cm³/mol. The van der Waals surface area contributed by atoms with Gasteiger partial charge < -0.3 is 10.2 Å². The van der Waals surface area contributed by atoms with Crippen LogP contribution in [-0.4, -0.2) is 35.8 Å². The second kappa shape index (κ2) is 4.98. The van der Waals surface area contributed by atoms with Gasteiger partial charge in [-0.1, -0.05) is 6.92 Å². The van der Waals surface area contributed by atoms with Crippen molar-refractivity contribution in [2.75, 3.05) is 6.52 Å². The lowest BCUT2D eigenvalue weighted by atomic mass is 10.1. The molecule has 1 rings (SSSR count). The monoisotopic (exact) mass is 200 g/mol. The first-order valence-corrected chi connectivity index (χ1v) is 5.06. The Morgan fingerprint density at radius 3 is 3.14 bits per heavy atom. The number of carbonyl (C=O) groups is 2. The van der Waals surface area contributed by atoms with Crippen molar-refractivity contribution in [2.24, 2.45) is 0 Å². The standard InChI is InChI=1S/C10H18N2O2/c1-3-9-5-4-6-12(9)10(14)8(2)11-7-13/h7-9H,3-6H2,1-2H3,(H,11,13)/t8-,9-/m0/s1/i6T/t6?,8-,9-. The van der Waals surface area contributed by atoms with Crippen LogP contribution in [0.2, 0.25) is 0 Å². The van der Waals surface area contributed by atoms with E-state index in [-0.39, 0.29) is 11.9 Å². The largest absolute Gasteiger partial charge is 0.347 e. The Morgan fingerprint density at radius 2 is 2.57 bits per heavy atom. The smallest absolute Gasteiger partial charge is 0.245 e. The van der Waals surface area contributed by atoms with Crippen LogP contribution in [0.5, 0.6) is 0 Å². The highest BCUT2D eigenvalue weighted by atomic mass is 16.2. The van der Waals surface area contributed by atoms with Crippen LogP contribution in [0.25, 0.3) is 0 Å². The molecule has 1 unspecified atom stereocenters. The lowest BCUT2D eigenvalue weighted by Gasteiger charge is -2.26. The molecule has 1 aliphatic rings. The Hall–Kier alpha value is -1.06. The third kappa shape index (κ3) is 2.25. The highest BCUT2D eigenvalue weighted by Gasteiger charge is 2.29. The van der Waals surface area contributed by atoms with Gasteiger partial charge in [0.05, 0.1) is 0 Å². The topological polar surface area (TPSA) is 49.4 Å². The van der Waals surface area contributed by atoms with Crippen LogP contribution in [0.1, 0.15) is 34.5 Å². The van der Waals surface area contributed by atoms with Crippen molar-refractivity contribution < 1.29 is 11.0 Å². The zero-order valence-corrected chi connectivity index (χ0v) is 8.69. The van der Waals surface area contributed by atoms with Crippen molar-refractivity contribution in [3.05, 3.63) is 0 Å². The molecular weight excluding hydrogens is 180 g/mol. The number of carbonyl (C=O) groups excluding carboxylic acids is 2. The molecule has 2 amide bonds. The highest BCUT2D eigenvalue weighted by molar-refractivity contribution is 5.83. The molecule has 14 heavy (non-hydrogen) atoms. The molecule has 0 aromatic rings. The van der Waals surface area contributed by atoms with E-state index in [2.05, 4.69) is 5.32 Å². The number of likely N-dealkylation sites (tertiary alicyclic amines) is 1. The fourth-order valence-corrected chi connectivity index (χ4v) is 1.76. The van der Waals surface area contributed by atoms with Crippen molar-refractivity contribution in [1.29, 1.82) is 0 Å². The van der Waals surface area contributed by atoms with E-state index in [9.17, 15) is 9.59 Å². The molecule has 0 radical (unpaired) electrons. The number of nitrogens with zero attached hydrogens (tertiary/aromatic N) is 1. The van der Waals surface area contributed by atoms with E-state index in [1.807, 2.05) is 6.92 Å². The van der Waals surface area contributed by atoms with Gasteiger partial charge in [0.1, 0.15) is 6.04 Å². The van der Waals surface area contributed by atoms with Crippen LogP contribution in [-0.2, 0) is 9.59 Å². The first-order chi connectivity index (χ1) is 7.11. The van der Waals surface area contributed by atoms with E-state index in [4.69, 9.17) is 1.37 Å². The molecule has 1 aliphatic heterocycles. The van der Waals surface area contributed by atoms with E-state index < -0.39 is 12.6 Å².